The molecule has 0 N–H and O–H groups in total. The summed E-state index contributed by atoms with van der Waals surface area (Å²) in [6.45, 7) is 0.375. The fraction of sp³-hybridized carbons (Fsp3) is 0.167. The van der Waals surface area contributed by atoms with E-state index in [2.05, 4.69) is 11.1 Å². The van der Waals surface area contributed by atoms with Gasteiger partial charge in [0.15, 0.2) is 0 Å². The van der Waals surface area contributed by atoms with Crippen molar-refractivity contribution < 1.29 is 4.74 Å². The molecule has 0 bridgehead atoms. The lowest BCUT2D eigenvalue weighted by Gasteiger charge is -2.05. The van der Waals surface area contributed by atoms with Crippen LogP contribution in [0.1, 0.15) is 9.88 Å². The van der Waals surface area contributed by atoms with E-state index >= 15 is 0 Å². The monoisotopic (exact) mass is 264 g/mol. The lowest BCUT2D eigenvalue weighted by atomic mass is 10.3. The smallest absolute Gasteiger partial charge is 0.140 e. The van der Waals surface area contributed by atoms with Gasteiger partial charge in [0.2, 0.25) is 0 Å². The van der Waals surface area contributed by atoms with Gasteiger partial charge in [-0.15, -0.1) is 11.3 Å². The zero-order valence-electron chi connectivity index (χ0n) is 8.89. The van der Waals surface area contributed by atoms with Crippen molar-refractivity contribution in [2.75, 3.05) is 0 Å². The molecule has 2 rings (SSSR count). The molecule has 0 saturated heterocycles. The molecule has 5 heteroatoms. The van der Waals surface area contributed by atoms with E-state index in [-0.39, 0.29) is 0 Å². The zero-order chi connectivity index (χ0) is 12.1. The van der Waals surface area contributed by atoms with Crippen LogP contribution in [-0.4, -0.2) is 4.98 Å². The number of halogens is 1. The summed E-state index contributed by atoms with van der Waals surface area (Å²) in [4.78, 5) is 5.13. The molecule has 3 nitrogen and oxygen atoms in total. The van der Waals surface area contributed by atoms with Crippen LogP contribution in [0.5, 0.6) is 5.75 Å². The molecule has 0 aliphatic carbocycles. The Hall–Kier alpha value is -1.57. The van der Waals surface area contributed by atoms with Crippen molar-refractivity contribution in [3.63, 3.8) is 0 Å². The average molecular weight is 265 g/mol. The van der Waals surface area contributed by atoms with Gasteiger partial charge in [-0.3, -0.25) is 0 Å². The van der Waals surface area contributed by atoms with Crippen molar-refractivity contribution in [2.24, 2.45) is 0 Å². The number of nitrogens with zero attached hydrogens (tertiary/aromatic N) is 2. The van der Waals surface area contributed by atoms with E-state index in [1.165, 1.54) is 11.3 Å². The number of aromatic nitrogens is 1. The molecule has 0 saturated carbocycles. The summed E-state index contributed by atoms with van der Waals surface area (Å²) in [5, 5.41) is 9.98. The number of thiazole rings is 1. The van der Waals surface area contributed by atoms with Crippen LogP contribution in [0.3, 0.4) is 0 Å². The molecule has 0 fully saturated rings. The van der Waals surface area contributed by atoms with E-state index in [9.17, 15) is 0 Å². The van der Waals surface area contributed by atoms with E-state index < -0.39 is 0 Å². The quantitative estimate of drug-likeness (QED) is 0.850. The summed E-state index contributed by atoms with van der Waals surface area (Å²) in [5.74, 6) is 0.645. The molecule has 17 heavy (non-hydrogen) atoms. The molecule has 0 amide bonds. The zero-order valence-corrected chi connectivity index (χ0v) is 10.5. The van der Waals surface area contributed by atoms with Crippen LogP contribution < -0.4 is 4.74 Å². The highest BCUT2D eigenvalue weighted by Gasteiger charge is 2.04. The number of hydrogen-bond acceptors (Lipinski definition) is 4. The Morgan fingerprint density at radius 3 is 3.00 bits per heavy atom. The molecule has 1 aromatic heterocycles. The topological polar surface area (TPSA) is 45.9 Å². The number of benzene rings is 1. The van der Waals surface area contributed by atoms with Gasteiger partial charge in [-0.2, -0.15) is 5.26 Å². The second kappa shape index (κ2) is 5.67. The third-order valence-electron chi connectivity index (χ3n) is 2.04. The minimum Gasteiger partial charge on any atom is -0.485 e. The van der Waals surface area contributed by atoms with E-state index in [4.69, 9.17) is 21.6 Å². The standard InChI is InChI=1S/C12H9ClN2OS/c13-10-3-1-2-4-11(10)16-8-12-15-7-9(17-12)5-6-14/h1-4,7H,5,8H2. The van der Waals surface area contributed by atoms with Crippen LogP contribution >= 0.6 is 22.9 Å². The van der Waals surface area contributed by atoms with Crippen molar-refractivity contribution >= 4 is 22.9 Å². The van der Waals surface area contributed by atoms with Crippen molar-refractivity contribution in [3.05, 3.63) is 45.4 Å². The third-order valence-corrected chi connectivity index (χ3v) is 3.33. The number of hydrogen-bond donors (Lipinski definition) is 0. The van der Waals surface area contributed by atoms with E-state index in [0.717, 1.165) is 9.88 Å². The van der Waals surface area contributed by atoms with E-state index in [1.807, 2.05) is 18.2 Å². The second-order valence-electron chi connectivity index (χ2n) is 3.27. The average Bonchev–Trinajstić information content (AvgIpc) is 2.76. The Morgan fingerprint density at radius 2 is 2.24 bits per heavy atom. The Morgan fingerprint density at radius 1 is 1.41 bits per heavy atom. The maximum absolute atomic E-state index is 8.55. The molecule has 0 radical (unpaired) electrons. The van der Waals surface area contributed by atoms with E-state index in [1.54, 1.807) is 12.3 Å². The highest BCUT2D eigenvalue weighted by molar-refractivity contribution is 7.11. The SMILES string of the molecule is N#CCc1cnc(COc2ccccc2Cl)s1. The first-order valence-electron chi connectivity index (χ1n) is 4.97. The first-order valence-corrected chi connectivity index (χ1v) is 6.17. The molecular formula is C12H9ClN2OS. The summed E-state index contributed by atoms with van der Waals surface area (Å²) >= 11 is 7.44. The summed E-state index contributed by atoms with van der Waals surface area (Å²) < 4.78 is 5.55. The van der Waals surface area contributed by atoms with Crippen molar-refractivity contribution in [3.8, 4) is 11.8 Å². The Labute approximate surface area is 108 Å². The van der Waals surface area contributed by atoms with Gasteiger partial charge in [-0.1, -0.05) is 23.7 Å². The summed E-state index contributed by atoms with van der Waals surface area (Å²) in [6, 6.07) is 9.39. The molecule has 1 heterocycles. The van der Waals surface area contributed by atoms with Crippen LogP contribution in [0, 0.1) is 11.3 Å². The van der Waals surface area contributed by atoms with Crippen LogP contribution in [-0.2, 0) is 13.0 Å². The molecule has 0 aliphatic rings. The van der Waals surface area contributed by atoms with Crippen LogP contribution in [0.25, 0.3) is 0 Å². The first-order chi connectivity index (χ1) is 8.29. The number of ether oxygens (including phenoxy) is 1. The third kappa shape index (κ3) is 3.19. The highest BCUT2D eigenvalue weighted by atomic mass is 35.5. The molecule has 0 unspecified atom stereocenters. The van der Waals surface area contributed by atoms with Gasteiger partial charge >= 0.3 is 0 Å². The highest BCUT2D eigenvalue weighted by Crippen LogP contribution is 2.24. The lowest BCUT2D eigenvalue weighted by molar-refractivity contribution is 0.306. The van der Waals surface area contributed by atoms with Crippen LogP contribution in [0.15, 0.2) is 30.5 Å². The molecule has 1 aromatic carbocycles. The molecule has 0 aliphatic heterocycles. The Kier molecular flexibility index (Phi) is 3.97. The van der Waals surface area contributed by atoms with Gasteiger partial charge in [0, 0.05) is 11.1 Å². The number of rotatable bonds is 4. The number of para-hydroxylation sites is 1. The molecule has 0 spiro atoms. The van der Waals surface area contributed by atoms with Crippen LogP contribution in [0.2, 0.25) is 5.02 Å². The normalized spacial score (nSPS) is 9.88. The summed E-state index contributed by atoms with van der Waals surface area (Å²) in [5.41, 5.74) is 0. The number of nitriles is 1. The fourth-order valence-corrected chi connectivity index (χ4v) is 2.23. The summed E-state index contributed by atoms with van der Waals surface area (Å²) in [7, 11) is 0. The molecular weight excluding hydrogens is 256 g/mol. The van der Waals surface area contributed by atoms with Gasteiger partial charge < -0.3 is 4.74 Å². The second-order valence-corrected chi connectivity index (χ2v) is 4.88. The van der Waals surface area contributed by atoms with Gasteiger partial charge in [0.25, 0.3) is 0 Å². The van der Waals surface area contributed by atoms with Crippen molar-refractivity contribution in [1.29, 1.82) is 5.26 Å². The predicted molar refractivity (Wildman–Crippen MR) is 67.2 cm³/mol. The minimum absolute atomic E-state index is 0.375. The fourth-order valence-electron chi connectivity index (χ4n) is 1.28. The Bertz CT molecular complexity index is 547. The van der Waals surface area contributed by atoms with Gasteiger partial charge in [-0.05, 0) is 12.1 Å². The summed E-state index contributed by atoms with van der Waals surface area (Å²) in [6.07, 6.45) is 2.10. The lowest BCUT2D eigenvalue weighted by Crippen LogP contribution is -1.94. The largest absolute Gasteiger partial charge is 0.485 e. The maximum Gasteiger partial charge on any atom is 0.140 e. The predicted octanol–water partition coefficient (Wildman–Crippen LogP) is 3.44. The first kappa shape index (κ1) is 11.9. The van der Waals surface area contributed by atoms with Crippen molar-refractivity contribution in [1.82, 2.24) is 4.98 Å². The molecule has 2 aromatic rings. The van der Waals surface area contributed by atoms with Gasteiger partial charge in [-0.25, -0.2) is 4.98 Å². The molecule has 0 atom stereocenters. The molecule has 86 valence electrons. The minimum atomic E-state index is 0.375. The van der Waals surface area contributed by atoms with Crippen molar-refractivity contribution in [2.45, 2.75) is 13.0 Å². The van der Waals surface area contributed by atoms with Gasteiger partial charge in [0.05, 0.1) is 17.5 Å². The van der Waals surface area contributed by atoms with E-state index in [0.29, 0.717) is 23.8 Å². The Balaban J connectivity index is 1.98. The van der Waals surface area contributed by atoms with Crippen LogP contribution in [0.4, 0.5) is 0 Å². The maximum atomic E-state index is 8.55. The van der Waals surface area contributed by atoms with Gasteiger partial charge in [0.1, 0.15) is 17.4 Å².